The molecule has 0 radical (unpaired) electrons. The minimum Gasteiger partial charge on any atom is -0.395 e. The maximum absolute atomic E-state index is 12.0. The van der Waals surface area contributed by atoms with Crippen LogP contribution in [0.1, 0.15) is 23.5 Å². The van der Waals surface area contributed by atoms with Crippen LogP contribution in [0.3, 0.4) is 0 Å². The summed E-state index contributed by atoms with van der Waals surface area (Å²) in [4.78, 5) is 15.1. The van der Waals surface area contributed by atoms with Crippen LogP contribution >= 0.6 is 24.0 Å². The first-order chi connectivity index (χ1) is 7.06. The van der Waals surface area contributed by atoms with Crippen molar-refractivity contribution in [3.63, 3.8) is 0 Å². The Labute approximate surface area is 99.1 Å². The van der Waals surface area contributed by atoms with Crippen molar-refractivity contribution < 1.29 is 9.90 Å². The smallest absolute Gasteiger partial charge is 0.264 e. The molecule has 1 N–H and O–H groups in total. The SMILES string of the molecule is CC(C)N(CCO)C(=O)c1cc(S)cs1. The van der Waals surface area contributed by atoms with E-state index in [4.69, 9.17) is 5.11 Å². The molecule has 0 saturated heterocycles. The number of thiol groups is 1. The van der Waals surface area contributed by atoms with Crippen molar-refractivity contribution in [1.82, 2.24) is 4.90 Å². The number of thiophene rings is 1. The predicted octanol–water partition coefficient (Wildman–Crippen LogP) is 1.88. The molecule has 0 aromatic carbocycles. The van der Waals surface area contributed by atoms with Crippen LogP contribution in [0.4, 0.5) is 0 Å². The van der Waals surface area contributed by atoms with Gasteiger partial charge in [-0.25, -0.2) is 0 Å². The molecule has 0 fully saturated rings. The Morgan fingerprint density at radius 2 is 2.33 bits per heavy atom. The van der Waals surface area contributed by atoms with Gasteiger partial charge < -0.3 is 10.0 Å². The molecule has 1 aromatic rings. The summed E-state index contributed by atoms with van der Waals surface area (Å²) in [5.41, 5.74) is 0. The van der Waals surface area contributed by atoms with E-state index in [9.17, 15) is 4.79 Å². The molecule has 1 aromatic heterocycles. The molecule has 0 atom stereocenters. The molecule has 0 spiro atoms. The zero-order chi connectivity index (χ0) is 11.4. The minimum atomic E-state index is -0.0376. The third-order valence-corrected chi connectivity index (χ3v) is 3.37. The van der Waals surface area contributed by atoms with Crippen molar-refractivity contribution in [2.75, 3.05) is 13.2 Å². The van der Waals surface area contributed by atoms with Gasteiger partial charge in [0.2, 0.25) is 0 Å². The van der Waals surface area contributed by atoms with Crippen LogP contribution in [0.15, 0.2) is 16.3 Å². The van der Waals surface area contributed by atoms with Gasteiger partial charge in [0.25, 0.3) is 5.91 Å². The first kappa shape index (κ1) is 12.5. The van der Waals surface area contributed by atoms with Gasteiger partial charge in [-0.15, -0.1) is 24.0 Å². The third-order valence-electron chi connectivity index (χ3n) is 2.02. The summed E-state index contributed by atoms with van der Waals surface area (Å²) in [6, 6.07) is 1.85. The monoisotopic (exact) mass is 245 g/mol. The number of amides is 1. The fourth-order valence-electron chi connectivity index (χ4n) is 1.28. The maximum Gasteiger partial charge on any atom is 0.264 e. The first-order valence-corrected chi connectivity index (χ1v) is 6.08. The van der Waals surface area contributed by atoms with E-state index in [0.717, 1.165) is 4.90 Å². The van der Waals surface area contributed by atoms with E-state index in [1.54, 1.807) is 11.0 Å². The highest BCUT2D eigenvalue weighted by Gasteiger charge is 2.19. The van der Waals surface area contributed by atoms with E-state index >= 15 is 0 Å². The Hall–Kier alpha value is -0.520. The van der Waals surface area contributed by atoms with E-state index in [-0.39, 0.29) is 18.6 Å². The highest BCUT2D eigenvalue weighted by molar-refractivity contribution is 7.80. The lowest BCUT2D eigenvalue weighted by Gasteiger charge is -2.25. The third kappa shape index (κ3) is 3.22. The van der Waals surface area contributed by atoms with Crippen molar-refractivity contribution in [3.05, 3.63) is 16.3 Å². The molecule has 0 aliphatic rings. The molecule has 1 heterocycles. The molecule has 3 nitrogen and oxygen atoms in total. The molecule has 5 heteroatoms. The fourth-order valence-corrected chi connectivity index (χ4v) is 2.39. The van der Waals surface area contributed by atoms with Crippen LogP contribution in [0.2, 0.25) is 0 Å². The van der Waals surface area contributed by atoms with Crippen molar-refractivity contribution in [2.45, 2.75) is 24.8 Å². The number of hydrogen-bond acceptors (Lipinski definition) is 4. The molecule has 0 aliphatic heterocycles. The molecular weight excluding hydrogens is 230 g/mol. The van der Waals surface area contributed by atoms with E-state index in [0.29, 0.717) is 11.4 Å². The highest BCUT2D eigenvalue weighted by Crippen LogP contribution is 2.20. The van der Waals surface area contributed by atoms with Gasteiger partial charge >= 0.3 is 0 Å². The van der Waals surface area contributed by atoms with Crippen LogP contribution in [-0.4, -0.2) is 35.1 Å². The normalized spacial score (nSPS) is 10.7. The number of aliphatic hydroxyl groups excluding tert-OH is 1. The predicted molar refractivity (Wildman–Crippen MR) is 64.8 cm³/mol. The largest absolute Gasteiger partial charge is 0.395 e. The number of rotatable bonds is 4. The quantitative estimate of drug-likeness (QED) is 0.795. The van der Waals surface area contributed by atoms with Crippen molar-refractivity contribution in [3.8, 4) is 0 Å². The molecule has 0 unspecified atom stereocenters. The molecule has 0 aliphatic carbocycles. The molecule has 0 bridgehead atoms. The number of carbonyl (C=O) groups is 1. The Bertz CT molecular complexity index is 336. The van der Waals surface area contributed by atoms with Gasteiger partial charge in [-0.1, -0.05) is 0 Å². The van der Waals surface area contributed by atoms with Crippen LogP contribution in [-0.2, 0) is 0 Å². The number of aliphatic hydroxyl groups is 1. The first-order valence-electron chi connectivity index (χ1n) is 4.75. The summed E-state index contributed by atoms with van der Waals surface area (Å²) in [6.07, 6.45) is 0. The minimum absolute atomic E-state index is 0.0109. The zero-order valence-electron chi connectivity index (χ0n) is 8.80. The van der Waals surface area contributed by atoms with E-state index in [1.807, 2.05) is 19.2 Å². The van der Waals surface area contributed by atoms with Gasteiger partial charge in [0, 0.05) is 22.9 Å². The fraction of sp³-hybridized carbons (Fsp3) is 0.500. The van der Waals surface area contributed by atoms with Crippen molar-refractivity contribution in [1.29, 1.82) is 0 Å². The van der Waals surface area contributed by atoms with E-state index in [1.165, 1.54) is 11.3 Å². The molecular formula is C10H15NO2S2. The Balaban J connectivity index is 2.80. The van der Waals surface area contributed by atoms with Gasteiger partial charge in [0.05, 0.1) is 11.5 Å². The van der Waals surface area contributed by atoms with Gasteiger partial charge in [-0.3, -0.25) is 4.79 Å². The number of hydrogen-bond donors (Lipinski definition) is 2. The standard InChI is InChI=1S/C10H15NO2S2/c1-7(2)11(3-4-12)10(13)9-5-8(14)6-15-9/h5-7,12,14H,3-4H2,1-2H3. The summed E-state index contributed by atoms with van der Waals surface area (Å²) in [6.45, 7) is 4.23. The Morgan fingerprint density at radius 1 is 1.67 bits per heavy atom. The average Bonchev–Trinajstić information content (AvgIpc) is 2.59. The number of nitrogens with zero attached hydrogens (tertiary/aromatic N) is 1. The molecule has 15 heavy (non-hydrogen) atoms. The van der Waals surface area contributed by atoms with Gasteiger partial charge in [0.1, 0.15) is 0 Å². The topological polar surface area (TPSA) is 40.5 Å². The Morgan fingerprint density at radius 3 is 2.73 bits per heavy atom. The lowest BCUT2D eigenvalue weighted by molar-refractivity contribution is 0.0670. The van der Waals surface area contributed by atoms with Crippen LogP contribution in [0.25, 0.3) is 0 Å². The maximum atomic E-state index is 12.0. The van der Waals surface area contributed by atoms with Crippen LogP contribution in [0, 0.1) is 0 Å². The molecule has 1 rings (SSSR count). The number of carbonyl (C=O) groups excluding carboxylic acids is 1. The van der Waals surface area contributed by atoms with Gasteiger partial charge in [-0.05, 0) is 19.9 Å². The summed E-state index contributed by atoms with van der Waals surface area (Å²) in [5.74, 6) is -0.0376. The second-order valence-corrected chi connectivity index (χ2v) is 4.91. The van der Waals surface area contributed by atoms with Crippen molar-refractivity contribution in [2.24, 2.45) is 0 Å². The van der Waals surface area contributed by atoms with Crippen LogP contribution < -0.4 is 0 Å². The Kier molecular flexibility index (Phi) is 4.63. The van der Waals surface area contributed by atoms with E-state index < -0.39 is 0 Å². The van der Waals surface area contributed by atoms with Gasteiger partial charge in [-0.2, -0.15) is 0 Å². The second kappa shape index (κ2) is 5.53. The summed E-state index contributed by atoms with van der Waals surface area (Å²) < 4.78 is 0. The average molecular weight is 245 g/mol. The van der Waals surface area contributed by atoms with E-state index in [2.05, 4.69) is 12.6 Å². The molecule has 1 amide bonds. The summed E-state index contributed by atoms with van der Waals surface area (Å²) in [5, 5.41) is 10.7. The second-order valence-electron chi connectivity index (χ2n) is 3.49. The lowest BCUT2D eigenvalue weighted by atomic mass is 10.3. The molecule has 84 valence electrons. The van der Waals surface area contributed by atoms with Crippen LogP contribution in [0.5, 0.6) is 0 Å². The van der Waals surface area contributed by atoms with Gasteiger partial charge in [0.15, 0.2) is 0 Å². The van der Waals surface area contributed by atoms with Crippen molar-refractivity contribution >= 4 is 29.9 Å². The zero-order valence-corrected chi connectivity index (χ0v) is 10.5. The highest BCUT2D eigenvalue weighted by atomic mass is 32.1. The summed E-state index contributed by atoms with van der Waals surface area (Å²) >= 11 is 5.54. The lowest BCUT2D eigenvalue weighted by Crippen LogP contribution is -2.38. The molecule has 0 saturated carbocycles. The summed E-state index contributed by atoms with van der Waals surface area (Å²) in [7, 11) is 0.